The van der Waals surface area contributed by atoms with Crippen LogP contribution in [0.5, 0.6) is 0 Å². The number of carbonyl (C=O) groups is 2. The summed E-state index contributed by atoms with van der Waals surface area (Å²) in [4.78, 5) is 26.9. The Labute approximate surface area is 342 Å². The number of rotatable bonds is 44. The van der Waals surface area contributed by atoms with Crippen LogP contribution < -0.4 is 5.32 Å². The number of allylic oxidation sites excluding steroid dienone is 1. The fourth-order valence-electron chi connectivity index (χ4n) is 7.38. The van der Waals surface area contributed by atoms with Gasteiger partial charge in [0.2, 0.25) is 0 Å². The summed E-state index contributed by atoms with van der Waals surface area (Å²) < 4.78 is 16.7. The Bertz CT molecular complexity index is 821. The highest BCUT2D eigenvalue weighted by atomic mass is 16.5. The van der Waals surface area contributed by atoms with Gasteiger partial charge in [0.05, 0.1) is 19.5 Å². The Kier molecular flexibility index (Phi) is 42.0. The molecular formula is C48H94N2O5. The molecule has 0 aromatic carbocycles. The number of amides is 1. The zero-order valence-electron chi connectivity index (χ0n) is 37.4. The zero-order valence-corrected chi connectivity index (χ0v) is 37.4. The predicted molar refractivity (Wildman–Crippen MR) is 236 cm³/mol. The number of alkyl carbamates (subject to hydrolysis) is 1. The van der Waals surface area contributed by atoms with Crippen LogP contribution in [0.4, 0.5) is 4.79 Å². The van der Waals surface area contributed by atoms with Crippen molar-refractivity contribution in [3.05, 3.63) is 12.3 Å². The Morgan fingerprint density at radius 2 is 0.945 bits per heavy atom. The van der Waals surface area contributed by atoms with Gasteiger partial charge in [0.15, 0.2) is 0 Å². The third-order valence-corrected chi connectivity index (χ3v) is 11.0. The Morgan fingerprint density at radius 1 is 0.527 bits per heavy atom. The van der Waals surface area contributed by atoms with Gasteiger partial charge >= 0.3 is 12.1 Å². The lowest BCUT2D eigenvalue weighted by Crippen LogP contribution is -2.31. The monoisotopic (exact) mass is 779 g/mol. The van der Waals surface area contributed by atoms with E-state index in [4.69, 9.17) is 14.2 Å². The second-order valence-corrected chi connectivity index (χ2v) is 16.4. The van der Waals surface area contributed by atoms with Gasteiger partial charge in [-0.1, -0.05) is 169 Å². The van der Waals surface area contributed by atoms with Crippen LogP contribution in [-0.2, 0) is 19.0 Å². The molecule has 1 N–H and O–H groups in total. The number of carbonyl (C=O) groups excluding carboxylic acids is 2. The highest BCUT2D eigenvalue weighted by Crippen LogP contribution is 2.19. The number of nitrogens with zero attached hydrogens (tertiary/aromatic N) is 1. The molecule has 0 saturated carbocycles. The molecule has 1 amide bonds. The van der Waals surface area contributed by atoms with Gasteiger partial charge < -0.3 is 24.4 Å². The average molecular weight is 779 g/mol. The minimum absolute atomic E-state index is 0.0192. The molecule has 0 saturated heterocycles. The molecule has 326 valence electrons. The van der Waals surface area contributed by atoms with E-state index in [1.54, 1.807) is 0 Å². The van der Waals surface area contributed by atoms with Gasteiger partial charge in [-0.2, -0.15) is 0 Å². The lowest BCUT2D eigenvalue weighted by atomic mass is 10.0. The molecule has 7 heteroatoms. The number of esters is 1. The van der Waals surface area contributed by atoms with E-state index in [9.17, 15) is 9.59 Å². The maximum absolute atomic E-state index is 12.8. The molecule has 0 aromatic rings. The molecule has 0 aliphatic rings. The molecule has 0 aromatic heterocycles. The lowest BCUT2D eigenvalue weighted by molar-refractivity contribution is -0.150. The summed E-state index contributed by atoms with van der Waals surface area (Å²) in [5.74, 6) is 0.981. The topological polar surface area (TPSA) is 77.1 Å². The molecule has 0 heterocycles. The Balaban J connectivity index is 4.29. The molecule has 0 radical (unpaired) electrons. The molecule has 0 aliphatic heterocycles. The standard InChI is InChI=1S/C48H94N2O5/c1-6-9-12-15-18-27-34-44-54-45(4)36-28-21-19-25-32-41-50(43-35-40-49-48(52)53-5)42-33-26-20-24-31-39-47(51)55-46(37-29-22-16-13-10-7-2)38-30-23-17-14-11-8-3/h46H,4,6-44H2,1-3,5H3,(H,49,52). The van der Waals surface area contributed by atoms with Crippen LogP contribution in [0.1, 0.15) is 239 Å². The first-order chi connectivity index (χ1) is 27.0. The summed E-state index contributed by atoms with van der Waals surface area (Å²) in [5.41, 5.74) is 0. The van der Waals surface area contributed by atoms with Gasteiger partial charge in [0, 0.05) is 19.4 Å². The highest BCUT2D eigenvalue weighted by molar-refractivity contribution is 5.69. The van der Waals surface area contributed by atoms with Gasteiger partial charge in [-0.15, -0.1) is 0 Å². The number of nitrogens with one attached hydrogen (secondary N) is 1. The first-order valence-corrected chi connectivity index (χ1v) is 24.0. The summed E-state index contributed by atoms with van der Waals surface area (Å²) in [7, 11) is 1.41. The van der Waals surface area contributed by atoms with Crippen molar-refractivity contribution in [1.82, 2.24) is 10.2 Å². The summed E-state index contributed by atoms with van der Waals surface area (Å²) >= 11 is 0. The van der Waals surface area contributed by atoms with Crippen molar-refractivity contribution in [3.8, 4) is 0 Å². The Morgan fingerprint density at radius 3 is 1.45 bits per heavy atom. The number of hydrogen-bond acceptors (Lipinski definition) is 6. The third kappa shape index (κ3) is 40.2. The van der Waals surface area contributed by atoms with Crippen molar-refractivity contribution >= 4 is 12.1 Å². The average Bonchev–Trinajstić information content (AvgIpc) is 3.18. The SMILES string of the molecule is C=C(CCCCCCCN(CCCCCCCC(=O)OC(CCCCCCCC)CCCCCCCC)CCCNC(=O)OC)OCCCCCCCCC. The van der Waals surface area contributed by atoms with Gasteiger partial charge in [-0.05, 0) is 83.8 Å². The van der Waals surface area contributed by atoms with Gasteiger partial charge in [0.1, 0.15) is 6.10 Å². The van der Waals surface area contributed by atoms with Gasteiger partial charge in [-0.25, -0.2) is 4.79 Å². The second-order valence-electron chi connectivity index (χ2n) is 16.4. The first kappa shape index (κ1) is 53.2. The zero-order chi connectivity index (χ0) is 40.3. The van der Waals surface area contributed by atoms with Crippen LogP contribution >= 0.6 is 0 Å². The number of ether oxygens (including phenoxy) is 3. The summed E-state index contributed by atoms with van der Waals surface area (Å²) in [6.45, 7) is 15.6. The molecule has 0 unspecified atom stereocenters. The van der Waals surface area contributed by atoms with Crippen molar-refractivity contribution in [2.24, 2.45) is 0 Å². The largest absolute Gasteiger partial charge is 0.499 e. The van der Waals surface area contributed by atoms with E-state index in [-0.39, 0.29) is 18.2 Å². The van der Waals surface area contributed by atoms with Crippen molar-refractivity contribution in [3.63, 3.8) is 0 Å². The van der Waals surface area contributed by atoms with Crippen LogP contribution in [0.15, 0.2) is 12.3 Å². The van der Waals surface area contributed by atoms with E-state index < -0.39 is 0 Å². The first-order valence-electron chi connectivity index (χ1n) is 24.0. The maximum Gasteiger partial charge on any atom is 0.406 e. The van der Waals surface area contributed by atoms with Crippen molar-refractivity contribution in [2.75, 3.05) is 39.9 Å². The second kappa shape index (κ2) is 43.4. The van der Waals surface area contributed by atoms with Crippen LogP contribution in [-0.4, -0.2) is 63.0 Å². The minimum atomic E-state index is -0.354. The van der Waals surface area contributed by atoms with Crippen molar-refractivity contribution in [2.45, 2.75) is 245 Å². The summed E-state index contributed by atoms with van der Waals surface area (Å²) in [5, 5.41) is 2.82. The van der Waals surface area contributed by atoms with Crippen molar-refractivity contribution < 1.29 is 23.8 Å². The van der Waals surface area contributed by atoms with E-state index in [0.29, 0.717) is 13.0 Å². The number of methoxy groups -OCH3 is 1. The lowest BCUT2D eigenvalue weighted by Gasteiger charge is -2.22. The molecular weight excluding hydrogens is 685 g/mol. The maximum atomic E-state index is 12.8. The molecule has 7 nitrogen and oxygen atoms in total. The van der Waals surface area contributed by atoms with E-state index in [2.05, 4.69) is 37.6 Å². The van der Waals surface area contributed by atoms with Crippen LogP contribution in [0, 0.1) is 0 Å². The molecule has 0 bridgehead atoms. The van der Waals surface area contributed by atoms with Gasteiger partial charge in [0.25, 0.3) is 0 Å². The molecule has 0 spiro atoms. The van der Waals surface area contributed by atoms with E-state index >= 15 is 0 Å². The van der Waals surface area contributed by atoms with E-state index in [1.165, 1.54) is 161 Å². The highest BCUT2D eigenvalue weighted by Gasteiger charge is 2.14. The van der Waals surface area contributed by atoms with Crippen LogP contribution in [0.3, 0.4) is 0 Å². The smallest absolute Gasteiger partial charge is 0.406 e. The Hall–Kier alpha value is -1.76. The molecule has 0 rings (SSSR count). The predicted octanol–water partition coefficient (Wildman–Crippen LogP) is 14.4. The quantitative estimate of drug-likeness (QED) is 0.0377. The minimum Gasteiger partial charge on any atom is -0.499 e. The number of unbranched alkanes of at least 4 members (excludes halogenated alkanes) is 24. The summed E-state index contributed by atoms with van der Waals surface area (Å²) in [6.07, 6.45) is 40.5. The van der Waals surface area contributed by atoms with E-state index in [1.807, 2.05) is 0 Å². The van der Waals surface area contributed by atoms with Gasteiger partial charge in [-0.3, -0.25) is 4.79 Å². The summed E-state index contributed by atoms with van der Waals surface area (Å²) in [6, 6.07) is 0. The fourth-order valence-corrected chi connectivity index (χ4v) is 7.38. The third-order valence-electron chi connectivity index (χ3n) is 11.0. The van der Waals surface area contributed by atoms with Crippen LogP contribution in [0.2, 0.25) is 0 Å². The molecule has 0 atom stereocenters. The molecule has 0 fully saturated rings. The van der Waals surface area contributed by atoms with Crippen molar-refractivity contribution in [1.29, 1.82) is 0 Å². The molecule has 55 heavy (non-hydrogen) atoms. The van der Waals surface area contributed by atoms with Crippen LogP contribution in [0.25, 0.3) is 0 Å². The fraction of sp³-hybridized carbons (Fsp3) is 0.917. The van der Waals surface area contributed by atoms with E-state index in [0.717, 1.165) is 89.8 Å². The molecule has 0 aliphatic carbocycles. The number of hydrogen-bond donors (Lipinski definition) is 1. The normalized spacial score (nSPS) is 11.4.